The molecule has 0 radical (unpaired) electrons. The zero-order valence-corrected chi connectivity index (χ0v) is 20.9. The topological polar surface area (TPSA) is 84.6 Å². The van der Waals surface area contributed by atoms with Crippen LogP contribution in [0.15, 0.2) is 36.8 Å². The number of pyridine rings is 2. The molecule has 6 rings (SSSR count). The maximum absolute atomic E-state index is 4.80. The van der Waals surface area contributed by atoms with Crippen molar-refractivity contribution in [3.63, 3.8) is 0 Å². The van der Waals surface area contributed by atoms with Gasteiger partial charge in [0.2, 0.25) is 5.13 Å². The van der Waals surface area contributed by atoms with Crippen LogP contribution >= 0.6 is 11.3 Å². The number of rotatable bonds is 8. The third kappa shape index (κ3) is 5.36. The summed E-state index contributed by atoms with van der Waals surface area (Å²) in [5.74, 6) is 1.34. The van der Waals surface area contributed by atoms with Gasteiger partial charge in [0.1, 0.15) is 10.8 Å². The number of aromatic nitrogens is 6. The van der Waals surface area contributed by atoms with E-state index in [0.717, 1.165) is 57.6 Å². The van der Waals surface area contributed by atoms with Crippen LogP contribution in [0, 0.1) is 0 Å². The van der Waals surface area contributed by atoms with Gasteiger partial charge < -0.3 is 10.2 Å². The summed E-state index contributed by atoms with van der Waals surface area (Å²) in [5.41, 5.74) is 3.83. The highest BCUT2D eigenvalue weighted by Gasteiger charge is 2.21. The summed E-state index contributed by atoms with van der Waals surface area (Å²) >= 11 is 1.65. The summed E-state index contributed by atoms with van der Waals surface area (Å²) in [6.07, 6.45) is 16.2. The second kappa shape index (κ2) is 10.4. The molecule has 0 amide bonds. The van der Waals surface area contributed by atoms with E-state index < -0.39 is 0 Å². The number of anilines is 2. The van der Waals surface area contributed by atoms with E-state index in [1.54, 1.807) is 11.3 Å². The van der Waals surface area contributed by atoms with Gasteiger partial charge in [-0.1, -0.05) is 30.6 Å². The Kier molecular flexibility index (Phi) is 6.68. The number of likely N-dealkylation sites (tertiary alicyclic amines) is 1. The van der Waals surface area contributed by atoms with Gasteiger partial charge in [-0.25, -0.2) is 4.98 Å². The number of fused-ring (bicyclic) bond motifs is 1. The summed E-state index contributed by atoms with van der Waals surface area (Å²) < 4.78 is 2.05. The first-order valence-corrected chi connectivity index (χ1v) is 13.7. The van der Waals surface area contributed by atoms with E-state index in [0.29, 0.717) is 5.92 Å². The number of nitrogens with zero attached hydrogens (tertiary/aromatic N) is 7. The molecule has 0 aromatic carbocycles. The molecule has 0 spiro atoms. The molecule has 9 heteroatoms. The van der Waals surface area contributed by atoms with Gasteiger partial charge in [-0.05, 0) is 69.9 Å². The minimum absolute atomic E-state index is 0.574. The second-order valence-electron chi connectivity index (χ2n) is 9.76. The predicted octanol–water partition coefficient (Wildman–Crippen LogP) is 5.62. The number of hydrogen-bond acceptors (Lipinski definition) is 8. The Morgan fingerprint density at radius 1 is 0.914 bits per heavy atom. The lowest BCUT2D eigenvalue weighted by atomic mass is 10.1. The van der Waals surface area contributed by atoms with E-state index in [4.69, 9.17) is 4.98 Å². The number of hydrogen-bond donors (Lipinski definition) is 1. The maximum Gasteiger partial charge on any atom is 0.211 e. The van der Waals surface area contributed by atoms with E-state index in [9.17, 15) is 0 Å². The largest absolute Gasteiger partial charge is 0.315 e. The van der Waals surface area contributed by atoms with Gasteiger partial charge >= 0.3 is 0 Å². The quantitative estimate of drug-likeness (QED) is 0.344. The molecule has 0 unspecified atom stereocenters. The van der Waals surface area contributed by atoms with Gasteiger partial charge in [0.15, 0.2) is 0 Å². The highest BCUT2D eigenvalue weighted by atomic mass is 32.1. The van der Waals surface area contributed by atoms with Crippen LogP contribution in [0.3, 0.4) is 0 Å². The Morgan fingerprint density at radius 2 is 1.80 bits per heavy atom. The number of nitrogens with one attached hydrogen (secondary N) is 1. The Bertz CT molecular complexity index is 1270. The number of aryl methyl sites for hydroxylation is 1. The van der Waals surface area contributed by atoms with Crippen molar-refractivity contribution in [3.05, 3.63) is 41.8 Å². The average molecular weight is 489 g/mol. The summed E-state index contributed by atoms with van der Waals surface area (Å²) in [4.78, 5) is 12.0. The third-order valence-corrected chi connectivity index (χ3v) is 8.20. The smallest absolute Gasteiger partial charge is 0.211 e. The SMILES string of the molecule is c1nc2ccc(Nc3nnc(C4CCCC4)s3)nc2cc1-c1cnn(CCCN2CCCCC2)c1. The molecular formula is C26H32N8S. The van der Waals surface area contributed by atoms with E-state index in [1.807, 2.05) is 29.2 Å². The zero-order valence-electron chi connectivity index (χ0n) is 20.1. The molecule has 1 aliphatic carbocycles. The van der Waals surface area contributed by atoms with Crippen molar-refractivity contribution >= 4 is 33.3 Å². The summed E-state index contributed by atoms with van der Waals surface area (Å²) in [6.45, 7) is 4.59. The van der Waals surface area contributed by atoms with Crippen molar-refractivity contribution in [2.24, 2.45) is 0 Å². The van der Waals surface area contributed by atoms with E-state index >= 15 is 0 Å². The van der Waals surface area contributed by atoms with Gasteiger partial charge in [-0.3, -0.25) is 9.67 Å². The fourth-order valence-electron chi connectivity index (χ4n) is 5.24. The van der Waals surface area contributed by atoms with Crippen molar-refractivity contribution < 1.29 is 0 Å². The fraction of sp³-hybridized carbons (Fsp3) is 0.500. The number of piperidine rings is 1. The Morgan fingerprint density at radius 3 is 2.69 bits per heavy atom. The second-order valence-corrected chi connectivity index (χ2v) is 10.8. The van der Waals surface area contributed by atoms with Gasteiger partial charge in [0.25, 0.3) is 0 Å². The molecule has 1 saturated carbocycles. The summed E-state index contributed by atoms with van der Waals surface area (Å²) in [5, 5.41) is 18.6. The summed E-state index contributed by atoms with van der Waals surface area (Å²) in [7, 11) is 0. The molecule has 2 aliphatic rings. The molecule has 182 valence electrons. The predicted molar refractivity (Wildman–Crippen MR) is 140 cm³/mol. The van der Waals surface area contributed by atoms with Gasteiger partial charge in [0.05, 0.1) is 17.2 Å². The molecule has 8 nitrogen and oxygen atoms in total. The van der Waals surface area contributed by atoms with Crippen LogP contribution in [0.25, 0.3) is 22.2 Å². The molecule has 0 atom stereocenters. The average Bonchev–Trinajstić information content (AvgIpc) is 3.67. The Labute approximate surface area is 209 Å². The van der Waals surface area contributed by atoms with Gasteiger partial charge in [0, 0.05) is 36.0 Å². The lowest BCUT2D eigenvalue weighted by Gasteiger charge is -2.26. The normalized spacial score (nSPS) is 17.4. The first-order valence-electron chi connectivity index (χ1n) is 12.9. The van der Waals surface area contributed by atoms with Crippen molar-refractivity contribution in [2.45, 2.75) is 63.8 Å². The lowest BCUT2D eigenvalue weighted by Crippen LogP contribution is -2.31. The molecule has 1 aliphatic heterocycles. The molecular weight excluding hydrogens is 456 g/mol. The monoisotopic (exact) mass is 488 g/mol. The van der Waals surface area contributed by atoms with E-state index in [2.05, 4.69) is 42.8 Å². The van der Waals surface area contributed by atoms with E-state index in [1.165, 1.54) is 58.0 Å². The van der Waals surface area contributed by atoms with E-state index in [-0.39, 0.29) is 0 Å². The first-order chi connectivity index (χ1) is 17.3. The van der Waals surface area contributed by atoms with Crippen molar-refractivity contribution in [1.82, 2.24) is 34.8 Å². The van der Waals surface area contributed by atoms with Crippen LogP contribution in [0.1, 0.15) is 62.3 Å². The molecule has 2 fully saturated rings. The molecule has 1 saturated heterocycles. The molecule has 35 heavy (non-hydrogen) atoms. The highest BCUT2D eigenvalue weighted by Crippen LogP contribution is 2.37. The van der Waals surface area contributed by atoms with Gasteiger partial charge in [-0.2, -0.15) is 5.10 Å². The van der Waals surface area contributed by atoms with Crippen molar-refractivity contribution in [1.29, 1.82) is 0 Å². The van der Waals surface area contributed by atoms with Crippen molar-refractivity contribution in [3.8, 4) is 11.1 Å². The fourth-order valence-corrected chi connectivity index (χ4v) is 6.16. The van der Waals surface area contributed by atoms with Gasteiger partial charge in [-0.15, -0.1) is 10.2 Å². The molecule has 4 aromatic heterocycles. The first kappa shape index (κ1) is 22.5. The van der Waals surface area contributed by atoms with Crippen LogP contribution in [0.5, 0.6) is 0 Å². The molecule has 0 bridgehead atoms. The van der Waals surface area contributed by atoms with Crippen LogP contribution in [-0.2, 0) is 6.54 Å². The highest BCUT2D eigenvalue weighted by molar-refractivity contribution is 7.15. The molecule has 1 N–H and O–H groups in total. The summed E-state index contributed by atoms with van der Waals surface area (Å²) in [6, 6.07) is 6.04. The van der Waals surface area contributed by atoms with Crippen LogP contribution in [0.2, 0.25) is 0 Å². The third-order valence-electron chi connectivity index (χ3n) is 7.19. The van der Waals surface area contributed by atoms with Crippen LogP contribution in [-0.4, -0.2) is 54.5 Å². The Hall–Kier alpha value is -2.91. The zero-order chi connectivity index (χ0) is 23.5. The van der Waals surface area contributed by atoms with Crippen molar-refractivity contribution in [2.75, 3.05) is 25.0 Å². The standard InChI is InChI=1S/C26H32N8S/c1-4-11-33(12-5-1)13-6-14-34-18-21(17-28-34)20-15-23-22(27-16-20)9-10-24(29-23)30-26-32-31-25(35-26)19-7-2-3-8-19/h9-10,15-19H,1-8,11-14H2,(H,29,30,32). The minimum Gasteiger partial charge on any atom is -0.315 e. The lowest BCUT2D eigenvalue weighted by molar-refractivity contribution is 0.222. The molecule has 4 aromatic rings. The maximum atomic E-state index is 4.80. The Balaban J connectivity index is 1.12. The molecule has 5 heterocycles. The minimum atomic E-state index is 0.574. The van der Waals surface area contributed by atoms with Crippen LogP contribution < -0.4 is 5.32 Å². The van der Waals surface area contributed by atoms with Crippen LogP contribution in [0.4, 0.5) is 10.9 Å².